The number of methoxy groups -OCH3 is 1. The van der Waals surface area contributed by atoms with Crippen molar-refractivity contribution < 1.29 is 19.2 Å². The van der Waals surface area contributed by atoms with E-state index in [0.717, 1.165) is 5.56 Å². The fraction of sp³-hybridized carbons (Fsp3) is 0.350. The number of benzene rings is 1. The molecule has 9 nitrogen and oxygen atoms in total. The average molecular weight is 395 g/mol. The largest absolute Gasteiger partial charge is 0.507 e. The number of hydrogen-bond donors (Lipinski definition) is 1. The molecule has 0 radical (unpaired) electrons. The molecule has 4 rings (SSSR count). The summed E-state index contributed by atoms with van der Waals surface area (Å²) in [6, 6.07) is 5.04. The quantitative estimate of drug-likeness (QED) is 0.716. The first-order valence-corrected chi connectivity index (χ1v) is 9.27. The van der Waals surface area contributed by atoms with Crippen molar-refractivity contribution in [1.29, 1.82) is 0 Å². The molecule has 150 valence electrons. The van der Waals surface area contributed by atoms with Crippen LogP contribution < -0.4 is 0 Å². The van der Waals surface area contributed by atoms with E-state index in [0.29, 0.717) is 48.9 Å². The summed E-state index contributed by atoms with van der Waals surface area (Å²) in [5, 5.41) is 14.1. The van der Waals surface area contributed by atoms with Crippen molar-refractivity contribution in [1.82, 2.24) is 25.0 Å². The summed E-state index contributed by atoms with van der Waals surface area (Å²) in [5.74, 6) is 0.473. The van der Waals surface area contributed by atoms with Gasteiger partial charge >= 0.3 is 0 Å². The number of carbonyl (C=O) groups is 1. The van der Waals surface area contributed by atoms with Crippen LogP contribution in [0.25, 0.3) is 11.5 Å². The Bertz CT molecular complexity index is 1010. The van der Waals surface area contributed by atoms with Crippen LogP contribution in [0.2, 0.25) is 0 Å². The molecule has 0 bridgehead atoms. The molecule has 1 saturated heterocycles. The van der Waals surface area contributed by atoms with Crippen molar-refractivity contribution in [3.63, 3.8) is 0 Å². The molecule has 3 heterocycles. The summed E-state index contributed by atoms with van der Waals surface area (Å²) in [7, 11) is 1.59. The van der Waals surface area contributed by atoms with Crippen LogP contribution in [0.1, 0.15) is 34.7 Å². The van der Waals surface area contributed by atoms with Crippen LogP contribution in [0.5, 0.6) is 5.75 Å². The van der Waals surface area contributed by atoms with Gasteiger partial charge < -0.3 is 19.3 Å². The van der Waals surface area contributed by atoms with E-state index >= 15 is 0 Å². The number of likely N-dealkylation sites (tertiary alicyclic amines) is 1. The minimum atomic E-state index is -0.778. The molecule has 0 saturated carbocycles. The standard InChI is InChI=1S/C20H21N5O4/c1-13-3-4-14(16(26)11-13)18(27)25-9-5-20(28-2,6-10-25)19-23-17(24-29-19)15-12-21-7-8-22-15/h3-4,7-8,11-12,26H,5-6,9-10H2,1-2H3. The first-order valence-electron chi connectivity index (χ1n) is 9.27. The molecule has 0 unspecified atom stereocenters. The Morgan fingerprint density at radius 3 is 2.72 bits per heavy atom. The van der Waals surface area contributed by atoms with Gasteiger partial charge in [0.1, 0.15) is 17.0 Å². The third-order valence-electron chi connectivity index (χ3n) is 5.24. The minimum absolute atomic E-state index is 0.0101. The second kappa shape index (κ2) is 7.59. The predicted molar refractivity (Wildman–Crippen MR) is 102 cm³/mol. The normalized spacial score (nSPS) is 16.0. The zero-order chi connectivity index (χ0) is 20.4. The summed E-state index contributed by atoms with van der Waals surface area (Å²) >= 11 is 0. The van der Waals surface area contributed by atoms with Crippen LogP contribution in [0.15, 0.2) is 41.3 Å². The van der Waals surface area contributed by atoms with Gasteiger partial charge in [-0.2, -0.15) is 4.98 Å². The Balaban J connectivity index is 1.51. The predicted octanol–water partition coefficient (Wildman–Crippen LogP) is 2.32. The van der Waals surface area contributed by atoms with Gasteiger partial charge in [0, 0.05) is 45.4 Å². The Morgan fingerprint density at radius 2 is 2.07 bits per heavy atom. The molecule has 1 aliphatic rings. The topological polar surface area (TPSA) is 114 Å². The van der Waals surface area contributed by atoms with Crippen LogP contribution in [-0.2, 0) is 10.3 Å². The Hall–Kier alpha value is -3.33. The highest BCUT2D eigenvalue weighted by Crippen LogP contribution is 2.36. The van der Waals surface area contributed by atoms with Gasteiger partial charge in [0.15, 0.2) is 0 Å². The number of phenols is 1. The van der Waals surface area contributed by atoms with Gasteiger partial charge in [-0.3, -0.25) is 9.78 Å². The summed E-state index contributed by atoms with van der Waals surface area (Å²) in [5.41, 5.74) is 0.922. The van der Waals surface area contributed by atoms with E-state index in [1.807, 2.05) is 13.0 Å². The maximum atomic E-state index is 12.8. The van der Waals surface area contributed by atoms with Crippen molar-refractivity contribution in [2.24, 2.45) is 0 Å². The average Bonchev–Trinajstić information content (AvgIpc) is 3.25. The van der Waals surface area contributed by atoms with E-state index in [1.54, 1.807) is 42.7 Å². The fourth-order valence-electron chi connectivity index (χ4n) is 3.50. The molecule has 1 N–H and O–H groups in total. The van der Waals surface area contributed by atoms with Gasteiger partial charge in [0.05, 0.1) is 11.8 Å². The van der Waals surface area contributed by atoms with Crippen LogP contribution in [0.3, 0.4) is 0 Å². The van der Waals surface area contributed by atoms with Gasteiger partial charge in [-0.05, 0) is 24.6 Å². The smallest absolute Gasteiger partial charge is 0.259 e. The molecule has 29 heavy (non-hydrogen) atoms. The monoisotopic (exact) mass is 395 g/mol. The maximum Gasteiger partial charge on any atom is 0.259 e. The van der Waals surface area contributed by atoms with E-state index in [9.17, 15) is 9.90 Å². The van der Waals surface area contributed by atoms with Crippen LogP contribution in [-0.4, -0.2) is 56.2 Å². The molecule has 1 amide bonds. The molecule has 0 atom stereocenters. The Labute approximate surface area is 167 Å². The van der Waals surface area contributed by atoms with E-state index in [4.69, 9.17) is 9.26 Å². The summed E-state index contributed by atoms with van der Waals surface area (Å²) in [4.78, 5) is 27.1. The fourth-order valence-corrected chi connectivity index (χ4v) is 3.50. The number of nitrogens with zero attached hydrogens (tertiary/aromatic N) is 5. The van der Waals surface area contributed by atoms with Crippen molar-refractivity contribution in [2.45, 2.75) is 25.4 Å². The molecule has 9 heteroatoms. The summed E-state index contributed by atoms with van der Waals surface area (Å²) < 4.78 is 11.2. The molecule has 0 spiro atoms. The highest BCUT2D eigenvalue weighted by atomic mass is 16.5. The minimum Gasteiger partial charge on any atom is -0.507 e. The SMILES string of the molecule is COC1(c2nc(-c3cnccn3)no2)CCN(C(=O)c2ccc(C)cc2O)CC1. The molecule has 1 aromatic carbocycles. The number of phenolic OH excluding ortho intramolecular Hbond substituents is 1. The first-order chi connectivity index (χ1) is 14.0. The molecular formula is C20H21N5O4. The molecule has 1 aliphatic heterocycles. The van der Waals surface area contributed by atoms with Crippen LogP contribution in [0.4, 0.5) is 0 Å². The number of rotatable bonds is 4. The Morgan fingerprint density at radius 1 is 1.28 bits per heavy atom. The molecule has 3 aromatic rings. The van der Waals surface area contributed by atoms with E-state index in [-0.39, 0.29) is 11.7 Å². The van der Waals surface area contributed by atoms with Crippen molar-refractivity contribution in [3.8, 4) is 17.3 Å². The van der Waals surface area contributed by atoms with Crippen molar-refractivity contribution >= 4 is 5.91 Å². The number of aryl methyl sites for hydroxylation is 1. The second-order valence-electron chi connectivity index (χ2n) is 7.03. The van der Waals surface area contributed by atoms with Gasteiger partial charge in [0.25, 0.3) is 11.8 Å². The molecule has 1 fully saturated rings. The summed E-state index contributed by atoms with van der Waals surface area (Å²) in [6.45, 7) is 2.73. The zero-order valence-electron chi connectivity index (χ0n) is 16.2. The van der Waals surface area contributed by atoms with Crippen LogP contribution >= 0.6 is 0 Å². The lowest BCUT2D eigenvalue weighted by Gasteiger charge is -2.38. The maximum absolute atomic E-state index is 12.8. The van der Waals surface area contributed by atoms with Gasteiger partial charge in [-0.1, -0.05) is 11.2 Å². The third kappa shape index (κ3) is 3.56. The first kappa shape index (κ1) is 19.0. The number of piperidine rings is 1. The number of aromatic hydroxyl groups is 1. The van der Waals surface area contributed by atoms with Gasteiger partial charge in [0.2, 0.25) is 5.82 Å². The lowest BCUT2D eigenvalue weighted by atomic mass is 9.90. The highest BCUT2D eigenvalue weighted by molar-refractivity contribution is 5.97. The third-order valence-corrected chi connectivity index (χ3v) is 5.24. The van der Waals surface area contributed by atoms with E-state index in [1.165, 1.54) is 0 Å². The van der Waals surface area contributed by atoms with E-state index < -0.39 is 5.60 Å². The van der Waals surface area contributed by atoms with Gasteiger partial charge in [-0.25, -0.2) is 4.98 Å². The van der Waals surface area contributed by atoms with Gasteiger partial charge in [-0.15, -0.1) is 0 Å². The van der Waals surface area contributed by atoms with Crippen LogP contribution in [0, 0.1) is 6.92 Å². The Kier molecular flexibility index (Phi) is 4.98. The number of hydrogen-bond acceptors (Lipinski definition) is 8. The number of aromatic nitrogens is 4. The molecular weight excluding hydrogens is 374 g/mol. The van der Waals surface area contributed by atoms with E-state index in [2.05, 4.69) is 20.1 Å². The number of carbonyl (C=O) groups excluding carboxylic acids is 1. The molecule has 2 aromatic heterocycles. The lowest BCUT2D eigenvalue weighted by molar-refractivity contribution is -0.0779. The lowest BCUT2D eigenvalue weighted by Crippen LogP contribution is -2.46. The highest BCUT2D eigenvalue weighted by Gasteiger charge is 2.43. The second-order valence-corrected chi connectivity index (χ2v) is 7.03. The van der Waals surface area contributed by atoms with Crippen molar-refractivity contribution in [3.05, 3.63) is 53.8 Å². The van der Waals surface area contributed by atoms with Crippen molar-refractivity contribution in [2.75, 3.05) is 20.2 Å². The number of ether oxygens (including phenoxy) is 1. The summed E-state index contributed by atoms with van der Waals surface area (Å²) in [6.07, 6.45) is 5.67. The molecule has 0 aliphatic carbocycles. The number of amides is 1. The zero-order valence-corrected chi connectivity index (χ0v) is 16.2.